The number of alkyl halides is 12. The van der Waals surface area contributed by atoms with Crippen LogP contribution in [0.4, 0.5) is 52.7 Å². The first-order chi connectivity index (χ1) is 22.8. The van der Waals surface area contributed by atoms with Crippen LogP contribution in [0.1, 0.15) is 45.5 Å². The molecule has 2 N–H and O–H groups in total. The number of hydrogen-bond acceptors (Lipinski definition) is 4. The maximum Gasteiger partial charge on any atom is 0.416 e. The van der Waals surface area contributed by atoms with Crippen LogP contribution >= 0.6 is 0 Å². The van der Waals surface area contributed by atoms with Crippen LogP contribution < -0.4 is 9.44 Å². The first-order valence-corrected chi connectivity index (χ1v) is 16.5. The molecular weight excluding hydrogens is 744 g/mol. The highest BCUT2D eigenvalue weighted by Crippen LogP contribution is 2.40. The topological polar surface area (TPSA) is 92.3 Å². The second kappa shape index (κ2) is 13.5. The van der Waals surface area contributed by atoms with Gasteiger partial charge < -0.3 is 0 Å². The molecule has 0 fully saturated rings. The highest BCUT2D eigenvalue weighted by Gasteiger charge is 2.41. The molecule has 270 valence electrons. The quantitative estimate of drug-likeness (QED) is 0.167. The van der Waals surface area contributed by atoms with Crippen LogP contribution in [0.15, 0.2) is 107 Å². The Morgan fingerprint density at radius 1 is 0.400 bits per heavy atom. The van der Waals surface area contributed by atoms with E-state index in [0.717, 1.165) is 24.3 Å². The van der Waals surface area contributed by atoms with Crippen molar-refractivity contribution in [1.82, 2.24) is 9.44 Å². The van der Waals surface area contributed by atoms with Gasteiger partial charge in [0.2, 0.25) is 20.0 Å². The summed E-state index contributed by atoms with van der Waals surface area (Å²) >= 11 is 0. The minimum atomic E-state index is -5.48. The molecule has 6 nitrogen and oxygen atoms in total. The molecule has 20 heteroatoms. The SMILES string of the molecule is O=S(=O)(N[C@@H](c1ccccc1)[C@@H](NS(=O)(=O)c1cc(C(F)(F)F)cc(C(F)(F)F)c1)c1ccccc1)c1cc(C(F)(F)F)cc(C(F)(F)F)c1. The van der Waals surface area contributed by atoms with Crippen molar-refractivity contribution in [3.05, 3.63) is 130 Å². The molecule has 0 saturated carbocycles. The van der Waals surface area contributed by atoms with Gasteiger partial charge in [0.25, 0.3) is 0 Å². The summed E-state index contributed by atoms with van der Waals surface area (Å²) in [6.07, 6.45) is -21.9. The summed E-state index contributed by atoms with van der Waals surface area (Å²) in [5, 5.41) is 0. The van der Waals surface area contributed by atoms with Crippen molar-refractivity contribution in [3.63, 3.8) is 0 Å². The van der Waals surface area contributed by atoms with Gasteiger partial charge in [-0.05, 0) is 47.5 Å². The Morgan fingerprint density at radius 3 is 0.860 bits per heavy atom. The first kappa shape index (κ1) is 38.7. The molecule has 50 heavy (non-hydrogen) atoms. The number of hydrogen-bond donors (Lipinski definition) is 2. The van der Waals surface area contributed by atoms with Crippen LogP contribution in [-0.4, -0.2) is 16.8 Å². The number of sulfonamides is 2. The lowest BCUT2D eigenvalue weighted by atomic mass is 9.95. The first-order valence-electron chi connectivity index (χ1n) is 13.5. The van der Waals surface area contributed by atoms with Crippen LogP contribution in [0.3, 0.4) is 0 Å². The average molecular weight is 765 g/mol. The molecule has 0 aromatic heterocycles. The minimum absolute atomic E-state index is 0.109. The predicted molar refractivity (Wildman–Crippen MR) is 152 cm³/mol. The average Bonchev–Trinajstić information content (AvgIpc) is 3.01. The fraction of sp³-hybridized carbons (Fsp3) is 0.200. The van der Waals surface area contributed by atoms with Gasteiger partial charge in [-0.2, -0.15) is 52.7 Å². The second-order valence-electron chi connectivity index (χ2n) is 10.5. The van der Waals surface area contributed by atoms with E-state index in [1.807, 2.05) is 9.44 Å². The molecule has 2 atom stereocenters. The molecule has 0 aliphatic rings. The van der Waals surface area contributed by atoms with Gasteiger partial charge in [-0.3, -0.25) is 0 Å². The van der Waals surface area contributed by atoms with Gasteiger partial charge in [0, 0.05) is 0 Å². The normalized spacial score (nSPS) is 14.7. The van der Waals surface area contributed by atoms with Crippen molar-refractivity contribution in [2.75, 3.05) is 0 Å². The molecule has 0 spiro atoms. The monoisotopic (exact) mass is 764 g/mol. The smallest absolute Gasteiger partial charge is 0.207 e. The Kier molecular flexibility index (Phi) is 10.5. The van der Waals surface area contributed by atoms with Crippen LogP contribution in [0, 0.1) is 0 Å². The molecule has 4 aromatic rings. The molecule has 0 heterocycles. The van der Waals surface area contributed by atoms with Crippen molar-refractivity contribution in [1.29, 1.82) is 0 Å². The largest absolute Gasteiger partial charge is 0.416 e. The van der Waals surface area contributed by atoms with E-state index in [1.54, 1.807) is 0 Å². The molecule has 0 aliphatic heterocycles. The molecule has 0 aliphatic carbocycles. The van der Waals surface area contributed by atoms with E-state index >= 15 is 0 Å². The summed E-state index contributed by atoms with van der Waals surface area (Å²) in [5.74, 6) is 0. The zero-order valence-corrected chi connectivity index (χ0v) is 26.0. The van der Waals surface area contributed by atoms with Gasteiger partial charge in [0.15, 0.2) is 0 Å². The van der Waals surface area contributed by atoms with Crippen molar-refractivity contribution in [2.24, 2.45) is 0 Å². The van der Waals surface area contributed by atoms with Crippen molar-refractivity contribution in [2.45, 2.75) is 46.6 Å². The van der Waals surface area contributed by atoms with Gasteiger partial charge in [-0.1, -0.05) is 60.7 Å². The van der Waals surface area contributed by atoms with Gasteiger partial charge >= 0.3 is 24.7 Å². The van der Waals surface area contributed by atoms with Crippen molar-refractivity contribution < 1.29 is 69.5 Å². The van der Waals surface area contributed by atoms with E-state index in [1.165, 1.54) is 36.4 Å². The van der Waals surface area contributed by atoms with E-state index < -0.39 is 88.9 Å². The summed E-state index contributed by atoms with van der Waals surface area (Å²) in [6, 6.07) is 7.44. The number of benzene rings is 4. The highest BCUT2D eigenvalue weighted by molar-refractivity contribution is 7.90. The standard InChI is InChI=1S/C30H20F12N2O4S2/c31-27(32,33)19-11-20(28(34,35)36)14-23(13-19)49(45,46)43-25(17-7-3-1-4-8-17)26(18-9-5-2-6-10-18)44-50(47,48)24-15-21(29(37,38)39)12-22(16-24)30(40,41)42/h1-16,25-26,43-44H/t25-,26-/m0/s1. The lowest BCUT2D eigenvalue weighted by Crippen LogP contribution is -2.41. The molecule has 0 radical (unpaired) electrons. The van der Waals surface area contributed by atoms with Gasteiger partial charge in [0.05, 0.1) is 44.1 Å². The van der Waals surface area contributed by atoms with Crippen molar-refractivity contribution >= 4 is 20.0 Å². The minimum Gasteiger partial charge on any atom is -0.207 e. The molecule has 0 amide bonds. The Bertz CT molecular complexity index is 1830. The Labute approximate surface area is 275 Å². The van der Waals surface area contributed by atoms with E-state index in [0.29, 0.717) is 0 Å². The van der Waals surface area contributed by atoms with E-state index in [4.69, 9.17) is 0 Å². The van der Waals surface area contributed by atoms with Crippen molar-refractivity contribution in [3.8, 4) is 0 Å². The molecular formula is C30H20F12N2O4S2. The molecule has 0 unspecified atom stereocenters. The predicted octanol–water partition coefficient (Wildman–Crippen LogP) is 8.50. The van der Waals surface area contributed by atoms with Crippen LogP contribution in [0.25, 0.3) is 0 Å². The molecule has 4 rings (SSSR count). The van der Waals surface area contributed by atoms with E-state index in [2.05, 4.69) is 0 Å². The van der Waals surface area contributed by atoms with Gasteiger partial charge in [-0.25, -0.2) is 26.3 Å². The van der Waals surface area contributed by atoms with E-state index in [-0.39, 0.29) is 47.5 Å². The lowest BCUT2D eigenvalue weighted by Gasteiger charge is -2.30. The Morgan fingerprint density at radius 2 is 0.640 bits per heavy atom. The molecule has 4 aromatic carbocycles. The number of halogens is 12. The summed E-state index contributed by atoms with van der Waals surface area (Å²) in [6.45, 7) is 0. The van der Waals surface area contributed by atoms with Gasteiger partial charge in [0.1, 0.15) is 0 Å². The lowest BCUT2D eigenvalue weighted by molar-refractivity contribution is -0.145. The fourth-order valence-electron chi connectivity index (χ4n) is 4.61. The third-order valence-corrected chi connectivity index (χ3v) is 9.80. The summed E-state index contributed by atoms with van der Waals surface area (Å²) in [5.41, 5.74) is -8.39. The molecule has 0 bridgehead atoms. The zero-order valence-electron chi connectivity index (χ0n) is 24.4. The Hall–Kier alpha value is -4.14. The fourth-order valence-corrected chi connectivity index (χ4v) is 7.22. The summed E-state index contributed by atoms with van der Waals surface area (Å²) in [4.78, 5) is -3.11. The molecule has 0 saturated heterocycles. The maximum absolute atomic E-state index is 13.6. The maximum atomic E-state index is 13.6. The zero-order chi connectivity index (χ0) is 37.5. The van der Waals surface area contributed by atoms with Crippen LogP contribution in [-0.2, 0) is 44.8 Å². The van der Waals surface area contributed by atoms with E-state index in [9.17, 15) is 69.5 Å². The second-order valence-corrected chi connectivity index (χ2v) is 13.9. The van der Waals surface area contributed by atoms with Crippen LogP contribution in [0.5, 0.6) is 0 Å². The van der Waals surface area contributed by atoms with Crippen LogP contribution in [0.2, 0.25) is 0 Å². The number of rotatable bonds is 9. The third kappa shape index (κ3) is 9.15. The van der Waals surface area contributed by atoms with Gasteiger partial charge in [-0.15, -0.1) is 0 Å². The summed E-state index contributed by atoms with van der Waals surface area (Å²) < 4.78 is 221. The third-order valence-electron chi connectivity index (χ3n) is 6.96. The number of nitrogens with one attached hydrogen (secondary N) is 2. The highest BCUT2D eigenvalue weighted by atomic mass is 32.2. The summed E-state index contributed by atoms with van der Waals surface area (Å²) in [7, 11) is -11.0. The Balaban J connectivity index is 1.93.